The summed E-state index contributed by atoms with van der Waals surface area (Å²) in [6.07, 6.45) is 10.3. The van der Waals surface area contributed by atoms with Crippen LogP contribution in [0, 0.1) is 6.92 Å². The van der Waals surface area contributed by atoms with Gasteiger partial charge in [0.15, 0.2) is 11.6 Å². The van der Waals surface area contributed by atoms with Crippen molar-refractivity contribution in [1.29, 1.82) is 0 Å². The molecule has 136 valence electrons. The summed E-state index contributed by atoms with van der Waals surface area (Å²) < 4.78 is 3.48. The molecule has 3 aromatic heterocycles. The molecule has 0 aliphatic rings. The molecule has 0 amide bonds. The standard InChI is InChI=1S/C19H24N6O/c1-6-12(2)14(7-8-20-4)15-11-25-16(13(15)3)19(26)22-17(23-25)18-21-9-10-24(18)5/h7-11,20H,6H2,1-5H3,(H,22,23,26)/b8-7-,14-12?. The van der Waals surface area contributed by atoms with Crippen LogP contribution >= 0.6 is 0 Å². The summed E-state index contributed by atoms with van der Waals surface area (Å²) in [5.74, 6) is 1.06. The first-order chi connectivity index (χ1) is 12.5. The fourth-order valence-electron chi connectivity index (χ4n) is 3.02. The van der Waals surface area contributed by atoms with Gasteiger partial charge in [0.25, 0.3) is 5.56 Å². The van der Waals surface area contributed by atoms with Crippen LogP contribution in [0.2, 0.25) is 0 Å². The molecule has 0 aliphatic heterocycles. The second-order valence-corrected chi connectivity index (χ2v) is 6.30. The van der Waals surface area contributed by atoms with E-state index in [4.69, 9.17) is 0 Å². The highest BCUT2D eigenvalue weighted by molar-refractivity contribution is 5.82. The zero-order valence-corrected chi connectivity index (χ0v) is 15.8. The Labute approximate surface area is 152 Å². The number of fused-ring (bicyclic) bond motifs is 1. The van der Waals surface area contributed by atoms with E-state index in [1.165, 1.54) is 5.57 Å². The zero-order chi connectivity index (χ0) is 18.8. The lowest BCUT2D eigenvalue weighted by atomic mass is 9.98. The van der Waals surface area contributed by atoms with Crippen molar-refractivity contribution in [2.45, 2.75) is 27.2 Å². The Kier molecular flexibility index (Phi) is 4.79. The minimum Gasteiger partial charge on any atom is -0.394 e. The molecule has 26 heavy (non-hydrogen) atoms. The second kappa shape index (κ2) is 7.03. The lowest BCUT2D eigenvalue weighted by Crippen LogP contribution is -2.15. The Morgan fingerprint density at radius 3 is 2.81 bits per heavy atom. The molecule has 0 saturated heterocycles. The van der Waals surface area contributed by atoms with E-state index in [9.17, 15) is 4.79 Å². The molecule has 0 fully saturated rings. The molecule has 2 N–H and O–H groups in total. The van der Waals surface area contributed by atoms with Gasteiger partial charge >= 0.3 is 0 Å². The minimum atomic E-state index is -0.173. The molecule has 0 aliphatic carbocycles. The Bertz CT molecular complexity index is 1060. The lowest BCUT2D eigenvalue weighted by molar-refractivity contribution is 0.850. The van der Waals surface area contributed by atoms with Crippen LogP contribution in [0.4, 0.5) is 0 Å². The van der Waals surface area contributed by atoms with Crippen LogP contribution < -0.4 is 10.9 Å². The van der Waals surface area contributed by atoms with Gasteiger partial charge in [-0.15, -0.1) is 5.10 Å². The fourth-order valence-corrected chi connectivity index (χ4v) is 3.02. The van der Waals surface area contributed by atoms with Crippen molar-refractivity contribution < 1.29 is 0 Å². The summed E-state index contributed by atoms with van der Waals surface area (Å²) >= 11 is 0. The molecule has 3 rings (SSSR count). The number of nitrogens with zero attached hydrogens (tertiary/aromatic N) is 4. The van der Waals surface area contributed by atoms with Gasteiger partial charge in [0.05, 0.1) is 0 Å². The molecule has 0 bridgehead atoms. The number of H-pyrrole nitrogens is 1. The smallest absolute Gasteiger partial charge is 0.275 e. The number of allylic oxidation sites excluding steroid dienone is 3. The summed E-state index contributed by atoms with van der Waals surface area (Å²) in [7, 11) is 3.73. The van der Waals surface area contributed by atoms with E-state index in [0.29, 0.717) is 17.2 Å². The van der Waals surface area contributed by atoms with Gasteiger partial charge in [0.1, 0.15) is 5.52 Å². The van der Waals surface area contributed by atoms with Crippen molar-refractivity contribution in [3.8, 4) is 11.6 Å². The summed E-state index contributed by atoms with van der Waals surface area (Å²) in [6, 6.07) is 0. The predicted octanol–water partition coefficient (Wildman–Crippen LogP) is 2.65. The molecular formula is C19H24N6O. The summed E-state index contributed by atoms with van der Waals surface area (Å²) in [5.41, 5.74) is 4.64. The van der Waals surface area contributed by atoms with E-state index in [-0.39, 0.29) is 5.56 Å². The van der Waals surface area contributed by atoms with Crippen molar-refractivity contribution in [3.63, 3.8) is 0 Å². The fraction of sp³-hybridized carbons (Fsp3) is 0.316. The van der Waals surface area contributed by atoms with E-state index >= 15 is 0 Å². The third-order valence-corrected chi connectivity index (χ3v) is 4.62. The lowest BCUT2D eigenvalue weighted by Gasteiger charge is -2.06. The van der Waals surface area contributed by atoms with Crippen LogP contribution in [-0.4, -0.2) is 31.2 Å². The molecule has 0 atom stereocenters. The van der Waals surface area contributed by atoms with E-state index in [0.717, 1.165) is 23.1 Å². The quantitative estimate of drug-likeness (QED) is 0.692. The zero-order valence-electron chi connectivity index (χ0n) is 15.8. The highest BCUT2D eigenvalue weighted by Gasteiger charge is 2.17. The predicted molar refractivity (Wildman–Crippen MR) is 104 cm³/mol. The van der Waals surface area contributed by atoms with E-state index in [1.807, 2.05) is 50.3 Å². The number of aromatic nitrogens is 5. The molecule has 0 unspecified atom stereocenters. The molecule has 0 spiro atoms. The first-order valence-corrected chi connectivity index (χ1v) is 8.61. The number of aryl methyl sites for hydroxylation is 2. The van der Waals surface area contributed by atoms with Crippen molar-refractivity contribution >= 4 is 11.1 Å². The van der Waals surface area contributed by atoms with Gasteiger partial charge < -0.3 is 14.9 Å². The molecule has 0 aromatic carbocycles. The van der Waals surface area contributed by atoms with Crippen molar-refractivity contribution in [2.75, 3.05) is 7.05 Å². The maximum atomic E-state index is 12.7. The van der Waals surface area contributed by atoms with Gasteiger partial charge in [-0.05, 0) is 43.7 Å². The Morgan fingerprint density at radius 2 is 2.19 bits per heavy atom. The van der Waals surface area contributed by atoms with Crippen molar-refractivity contribution in [2.24, 2.45) is 7.05 Å². The summed E-state index contributed by atoms with van der Waals surface area (Å²) in [5, 5.41) is 7.61. The van der Waals surface area contributed by atoms with Crippen LogP contribution in [0.25, 0.3) is 22.7 Å². The maximum absolute atomic E-state index is 12.7. The molecule has 0 saturated carbocycles. The number of imidazole rings is 1. The molecule has 3 aromatic rings. The number of hydrogen-bond donors (Lipinski definition) is 2. The number of aromatic amines is 1. The highest BCUT2D eigenvalue weighted by Crippen LogP contribution is 2.27. The summed E-state index contributed by atoms with van der Waals surface area (Å²) in [6.45, 7) is 6.18. The Morgan fingerprint density at radius 1 is 1.42 bits per heavy atom. The minimum absolute atomic E-state index is 0.173. The molecule has 3 heterocycles. The SMILES string of the molecule is CCC(C)=C(/C=C\NC)c1cn2nc(-c3nccn3C)[nH]c(=O)c2c1C. The van der Waals surface area contributed by atoms with Crippen LogP contribution in [0.15, 0.2) is 41.2 Å². The second-order valence-electron chi connectivity index (χ2n) is 6.30. The molecule has 0 radical (unpaired) electrons. The van der Waals surface area contributed by atoms with Crippen LogP contribution in [-0.2, 0) is 7.05 Å². The van der Waals surface area contributed by atoms with Gasteiger partial charge in [-0.2, -0.15) is 0 Å². The van der Waals surface area contributed by atoms with E-state index in [1.54, 1.807) is 10.7 Å². The van der Waals surface area contributed by atoms with Crippen molar-refractivity contribution in [1.82, 2.24) is 29.5 Å². The normalized spacial score (nSPS) is 12.8. The van der Waals surface area contributed by atoms with Gasteiger partial charge in [0.2, 0.25) is 0 Å². The average molecular weight is 352 g/mol. The third-order valence-electron chi connectivity index (χ3n) is 4.62. The van der Waals surface area contributed by atoms with Gasteiger partial charge in [0, 0.05) is 38.2 Å². The monoisotopic (exact) mass is 352 g/mol. The van der Waals surface area contributed by atoms with Gasteiger partial charge in [-0.25, -0.2) is 9.50 Å². The van der Waals surface area contributed by atoms with Crippen LogP contribution in [0.3, 0.4) is 0 Å². The largest absolute Gasteiger partial charge is 0.394 e. The maximum Gasteiger partial charge on any atom is 0.275 e. The number of rotatable bonds is 5. The van der Waals surface area contributed by atoms with Crippen LogP contribution in [0.5, 0.6) is 0 Å². The van der Waals surface area contributed by atoms with Crippen LogP contribution in [0.1, 0.15) is 31.4 Å². The molecule has 7 heteroatoms. The highest BCUT2D eigenvalue weighted by atomic mass is 16.1. The third kappa shape index (κ3) is 2.96. The van der Waals surface area contributed by atoms with E-state index in [2.05, 4.69) is 34.2 Å². The summed E-state index contributed by atoms with van der Waals surface area (Å²) in [4.78, 5) is 19.8. The first kappa shape index (κ1) is 17.7. The molecular weight excluding hydrogens is 328 g/mol. The van der Waals surface area contributed by atoms with Gasteiger partial charge in [-0.1, -0.05) is 12.5 Å². The van der Waals surface area contributed by atoms with Crippen molar-refractivity contribution in [3.05, 3.63) is 57.9 Å². The average Bonchev–Trinajstić information content (AvgIpc) is 3.19. The molecule has 7 nitrogen and oxygen atoms in total. The number of hydrogen-bond acceptors (Lipinski definition) is 4. The van der Waals surface area contributed by atoms with Gasteiger partial charge in [-0.3, -0.25) is 4.79 Å². The Balaban J connectivity index is 2.25. The Hall–Kier alpha value is -3.09. The first-order valence-electron chi connectivity index (χ1n) is 8.61. The van der Waals surface area contributed by atoms with E-state index < -0.39 is 0 Å². The number of nitrogens with one attached hydrogen (secondary N) is 2. The topological polar surface area (TPSA) is 80.0 Å².